The molecule has 0 radical (unpaired) electrons. The summed E-state index contributed by atoms with van der Waals surface area (Å²) in [5.74, 6) is 0.339. The van der Waals surface area contributed by atoms with Gasteiger partial charge in [-0.15, -0.1) is 12.4 Å². The summed E-state index contributed by atoms with van der Waals surface area (Å²) >= 11 is 0. The van der Waals surface area contributed by atoms with Crippen LogP contribution in [0.4, 0.5) is 0 Å². The van der Waals surface area contributed by atoms with Gasteiger partial charge in [-0.3, -0.25) is 9.59 Å². The number of hydrogen-bond donors (Lipinski definition) is 1. The summed E-state index contributed by atoms with van der Waals surface area (Å²) < 4.78 is 0. The number of carbonyl (C=O) groups is 2. The summed E-state index contributed by atoms with van der Waals surface area (Å²) in [4.78, 5) is 24.7. The molecular formula is C21H24ClNO2. The Morgan fingerprint density at radius 1 is 0.760 bits per heavy atom. The molecule has 1 aliphatic rings. The zero-order chi connectivity index (χ0) is 16.8. The van der Waals surface area contributed by atoms with Crippen molar-refractivity contribution < 1.29 is 9.59 Å². The molecule has 25 heavy (non-hydrogen) atoms. The fourth-order valence-corrected chi connectivity index (χ4v) is 3.36. The molecule has 0 aromatic heterocycles. The fraction of sp³-hybridized carbons (Fsp3) is 0.333. The molecule has 2 atom stereocenters. The van der Waals surface area contributed by atoms with Crippen molar-refractivity contribution in [1.29, 1.82) is 0 Å². The molecule has 1 N–H and O–H groups in total. The standard InChI is InChI=1S/C21H23NO2.ClH/c23-20(16-8-3-1-4-9-16)14-18-12-7-13-19(22-18)15-21(24)17-10-5-2-6-11-17;/h1-6,8-11,18-19,22H,7,12-15H2;1H/t18-,19+;. The summed E-state index contributed by atoms with van der Waals surface area (Å²) in [5.41, 5.74) is 1.53. The molecule has 3 nitrogen and oxygen atoms in total. The van der Waals surface area contributed by atoms with Crippen LogP contribution < -0.4 is 5.32 Å². The number of hydrogen-bond acceptors (Lipinski definition) is 3. The van der Waals surface area contributed by atoms with Crippen LogP contribution in [0.25, 0.3) is 0 Å². The summed E-state index contributed by atoms with van der Waals surface area (Å²) in [6.07, 6.45) is 4.05. The molecule has 3 rings (SSSR count). The van der Waals surface area contributed by atoms with Gasteiger partial charge in [-0.25, -0.2) is 0 Å². The van der Waals surface area contributed by atoms with Crippen molar-refractivity contribution in [2.75, 3.05) is 0 Å². The number of Topliss-reactive ketones (excluding diaryl/α,β-unsaturated/α-hetero) is 2. The van der Waals surface area contributed by atoms with Crippen LogP contribution >= 0.6 is 12.4 Å². The molecule has 1 aliphatic heterocycles. The number of halogens is 1. The van der Waals surface area contributed by atoms with Crippen molar-refractivity contribution in [2.45, 2.75) is 44.2 Å². The van der Waals surface area contributed by atoms with Gasteiger partial charge in [0.1, 0.15) is 0 Å². The van der Waals surface area contributed by atoms with Gasteiger partial charge in [-0.2, -0.15) is 0 Å². The predicted octanol–water partition coefficient (Wildman–Crippen LogP) is 4.46. The van der Waals surface area contributed by atoms with E-state index >= 15 is 0 Å². The Morgan fingerprint density at radius 2 is 1.16 bits per heavy atom. The maximum atomic E-state index is 12.4. The minimum Gasteiger partial charge on any atom is -0.310 e. The maximum Gasteiger partial charge on any atom is 0.164 e. The quantitative estimate of drug-likeness (QED) is 0.776. The molecule has 132 valence electrons. The monoisotopic (exact) mass is 357 g/mol. The van der Waals surface area contributed by atoms with Crippen molar-refractivity contribution in [3.05, 3.63) is 71.8 Å². The Hall–Kier alpha value is -1.97. The maximum absolute atomic E-state index is 12.4. The van der Waals surface area contributed by atoms with Gasteiger partial charge in [-0.1, -0.05) is 67.1 Å². The van der Waals surface area contributed by atoms with Crippen LogP contribution in [0.2, 0.25) is 0 Å². The van der Waals surface area contributed by atoms with Crippen LogP contribution in [0.5, 0.6) is 0 Å². The van der Waals surface area contributed by atoms with Crippen LogP contribution in [0.3, 0.4) is 0 Å². The summed E-state index contributed by atoms with van der Waals surface area (Å²) in [5, 5.41) is 3.51. The Balaban J connectivity index is 0.00000225. The molecule has 2 aromatic rings. The van der Waals surface area contributed by atoms with E-state index in [1.165, 1.54) is 0 Å². The van der Waals surface area contributed by atoms with E-state index in [0.717, 1.165) is 30.4 Å². The molecule has 1 heterocycles. The molecule has 1 fully saturated rings. The summed E-state index contributed by atoms with van der Waals surface area (Å²) in [6, 6.07) is 19.2. The third-order valence-electron chi connectivity index (χ3n) is 4.63. The molecule has 0 bridgehead atoms. The topological polar surface area (TPSA) is 46.2 Å². The minimum absolute atomic E-state index is 0. The highest BCUT2D eigenvalue weighted by Crippen LogP contribution is 2.20. The first-order valence-corrected chi connectivity index (χ1v) is 8.65. The predicted molar refractivity (Wildman–Crippen MR) is 103 cm³/mol. The third kappa shape index (κ3) is 5.52. The van der Waals surface area contributed by atoms with Crippen LogP contribution in [-0.2, 0) is 0 Å². The molecule has 0 saturated carbocycles. The Morgan fingerprint density at radius 3 is 1.56 bits per heavy atom. The molecular weight excluding hydrogens is 334 g/mol. The first-order valence-electron chi connectivity index (χ1n) is 8.65. The normalized spacial score (nSPS) is 19.7. The number of benzene rings is 2. The van der Waals surface area contributed by atoms with E-state index in [1.807, 2.05) is 60.7 Å². The van der Waals surface area contributed by atoms with E-state index in [-0.39, 0.29) is 36.1 Å². The van der Waals surface area contributed by atoms with Crippen LogP contribution in [0.15, 0.2) is 60.7 Å². The highest BCUT2D eigenvalue weighted by atomic mass is 35.5. The lowest BCUT2D eigenvalue weighted by Crippen LogP contribution is -2.44. The molecule has 4 heteroatoms. The summed E-state index contributed by atoms with van der Waals surface area (Å²) in [6.45, 7) is 0. The molecule has 0 spiro atoms. The fourth-order valence-electron chi connectivity index (χ4n) is 3.36. The van der Waals surface area contributed by atoms with Gasteiger partial charge in [0.15, 0.2) is 11.6 Å². The van der Waals surface area contributed by atoms with Gasteiger partial charge in [0, 0.05) is 36.1 Å². The van der Waals surface area contributed by atoms with Crippen molar-refractivity contribution in [3.63, 3.8) is 0 Å². The first-order chi connectivity index (χ1) is 11.7. The molecule has 2 aromatic carbocycles. The first kappa shape index (κ1) is 19.4. The second kappa shape index (κ2) is 9.50. The lowest BCUT2D eigenvalue weighted by Gasteiger charge is -2.30. The van der Waals surface area contributed by atoms with Gasteiger partial charge >= 0.3 is 0 Å². The lowest BCUT2D eigenvalue weighted by atomic mass is 9.90. The van der Waals surface area contributed by atoms with E-state index < -0.39 is 0 Å². The van der Waals surface area contributed by atoms with E-state index in [4.69, 9.17) is 0 Å². The number of nitrogens with one attached hydrogen (secondary N) is 1. The smallest absolute Gasteiger partial charge is 0.164 e. The van der Waals surface area contributed by atoms with Gasteiger partial charge in [0.05, 0.1) is 0 Å². The highest BCUT2D eigenvalue weighted by molar-refractivity contribution is 5.97. The summed E-state index contributed by atoms with van der Waals surface area (Å²) in [7, 11) is 0. The van der Waals surface area contributed by atoms with Gasteiger partial charge in [0.2, 0.25) is 0 Å². The third-order valence-corrected chi connectivity index (χ3v) is 4.63. The Kier molecular flexibility index (Phi) is 7.35. The van der Waals surface area contributed by atoms with Crippen LogP contribution in [-0.4, -0.2) is 23.7 Å². The van der Waals surface area contributed by atoms with E-state index in [0.29, 0.717) is 12.8 Å². The zero-order valence-electron chi connectivity index (χ0n) is 14.2. The largest absolute Gasteiger partial charge is 0.310 e. The number of ketones is 2. The number of rotatable bonds is 6. The second-order valence-electron chi connectivity index (χ2n) is 6.48. The van der Waals surface area contributed by atoms with Gasteiger partial charge in [-0.05, 0) is 12.8 Å². The Labute approximate surface area is 155 Å². The number of piperidine rings is 1. The molecule has 0 amide bonds. The highest BCUT2D eigenvalue weighted by Gasteiger charge is 2.25. The van der Waals surface area contributed by atoms with Crippen LogP contribution in [0.1, 0.15) is 52.8 Å². The average molecular weight is 358 g/mol. The van der Waals surface area contributed by atoms with E-state index in [9.17, 15) is 9.59 Å². The minimum atomic E-state index is 0. The lowest BCUT2D eigenvalue weighted by molar-refractivity contribution is 0.0941. The van der Waals surface area contributed by atoms with Crippen molar-refractivity contribution in [2.24, 2.45) is 0 Å². The van der Waals surface area contributed by atoms with Gasteiger partial charge < -0.3 is 5.32 Å². The zero-order valence-corrected chi connectivity index (χ0v) is 15.0. The average Bonchev–Trinajstić information content (AvgIpc) is 2.63. The van der Waals surface area contributed by atoms with Crippen molar-refractivity contribution >= 4 is 24.0 Å². The van der Waals surface area contributed by atoms with Gasteiger partial charge in [0.25, 0.3) is 0 Å². The van der Waals surface area contributed by atoms with E-state index in [1.54, 1.807) is 0 Å². The number of carbonyl (C=O) groups excluding carboxylic acids is 2. The molecule has 0 aliphatic carbocycles. The van der Waals surface area contributed by atoms with E-state index in [2.05, 4.69) is 5.32 Å². The SMILES string of the molecule is Cl.O=C(C[C@H]1CCC[C@@H](CC(=O)c2ccccc2)N1)c1ccccc1. The van der Waals surface area contributed by atoms with Crippen LogP contribution in [0, 0.1) is 0 Å². The second-order valence-corrected chi connectivity index (χ2v) is 6.48. The molecule has 1 saturated heterocycles. The Bertz CT molecular complexity index is 628. The molecule has 0 unspecified atom stereocenters. The van der Waals surface area contributed by atoms with Crippen molar-refractivity contribution in [3.8, 4) is 0 Å². The van der Waals surface area contributed by atoms with Crippen molar-refractivity contribution in [1.82, 2.24) is 5.32 Å².